The van der Waals surface area contributed by atoms with Gasteiger partial charge in [-0.15, -0.1) is 0 Å². The van der Waals surface area contributed by atoms with Crippen molar-refractivity contribution in [2.24, 2.45) is 0 Å². The third kappa shape index (κ3) is 4.61. The van der Waals surface area contributed by atoms with E-state index in [-0.39, 0.29) is 22.7 Å². The Morgan fingerprint density at radius 3 is 2.87 bits per heavy atom. The van der Waals surface area contributed by atoms with E-state index in [1.807, 2.05) is 6.07 Å². The number of pyridine rings is 2. The number of anilines is 1. The number of aromatic nitrogens is 3. The van der Waals surface area contributed by atoms with Gasteiger partial charge in [-0.2, -0.15) is 0 Å². The van der Waals surface area contributed by atoms with Gasteiger partial charge in [0.1, 0.15) is 5.69 Å². The molecule has 0 fully saturated rings. The molecule has 0 aromatic carbocycles. The number of amides is 1. The maximum Gasteiger partial charge on any atom is 0.274 e. The first-order valence-corrected chi connectivity index (χ1v) is 10.7. The van der Waals surface area contributed by atoms with Crippen LogP contribution in [0.25, 0.3) is 11.3 Å². The van der Waals surface area contributed by atoms with Gasteiger partial charge in [0, 0.05) is 48.5 Å². The highest BCUT2D eigenvalue weighted by atomic mass is 16.2. The molecular weight excluding hydrogens is 390 g/mol. The highest BCUT2D eigenvalue weighted by Gasteiger charge is 2.24. The van der Waals surface area contributed by atoms with E-state index in [9.17, 15) is 9.59 Å². The van der Waals surface area contributed by atoms with Crippen molar-refractivity contribution in [3.8, 4) is 11.3 Å². The molecule has 0 spiro atoms. The maximum atomic E-state index is 13.2. The molecule has 4 rings (SSSR count). The van der Waals surface area contributed by atoms with Crippen molar-refractivity contribution >= 4 is 11.6 Å². The van der Waals surface area contributed by atoms with Crippen LogP contribution in [-0.2, 0) is 19.4 Å². The Bertz CT molecular complexity index is 1150. The lowest BCUT2D eigenvalue weighted by atomic mass is 10.0. The van der Waals surface area contributed by atoms with E-state index in [4.69, 9.17) is 0 Å². The minimum absolute atomic E-state index is 0.0220. The van der Waals surface area contributed by atoms with E-state index < -0.39 is 0 Å². The Kier molecular flexibility index (Phi) is 5.78. The number of carbonyl (C=O) groups is 1. The summed E-state index contributed by atoms with van der Waals surface area (Å²) in [4.78, 5) is 33.8. The van der Waals surface area contributed by atoms with Crippen LogP contribution < -0.4 is 16.2 Å². The van der Waals surface area contributed by atoms with Crippen LogP contribution in [0.3, 0.4) is 0 Å². The van der Waals surface area contributed by atoms with Gasteiger partial charge in [0.05, 0.1) is 11.3 Å². The van der Waals surface area contributed by atoms with E-state index in [1.165, 1.54) is 0 Å². The van der Waals surface area contributed by atoms with Gasteiger partial charge in [-0.25, -0.2) is 0 Å². The third-order valence-electron chi connectivity index (χ3n) is 5.48. The monoisotopic (exact) mass is 419 g/mol. The molecule has 3 heterocycles. The molecule has 0 saturated heterocycles. The molecule has 3 aromatic heterocycles. The summed E-state index contributed by atoms with van der Waals surface area (Å²) in [6.07, 6.45) is 8.00. The first-order chi connectivity index (χ1) is 14.8. The Balaban J connectivity index is 1.58. The van der Waals surface area contributed by atoms with Gasteiger partial charge in [0.2, 0.25) is 0 Å². The second-order valence-corrected chi connectivity index (χ2v) is 8.97. The van der Waals surface area contributed by atoms with Crippen LogP contribution in [0.1, 0.15) is 48.8 Å². The molecule has 0 saturated carbocycles. The third-order valence-corrected chi connectivity index (χ3v) is 5.48. The number of nitrogens with zero attached hydrogens (tertiary/aromatic N) is 2. The number of aryl methyl sites for hydroxylation is 2. The van der Waals surface area contributed by atoms with Crippen LogP contribution in [0.15, 0.2) is 47.7 Å². The number of H-pyrrole nitrogens is 1. The van der Waals surface area contributed by atoms with E-state index in [0.717, 1.165) is 41.8 Å². The molecule has 31 heavy (non-hydrogen) atoms. The molecule has 1 aliphatic carbocycles. The summed E-state index contributed by atoms with van der Waals surface area (Å²) in [5.41, 5.74) is 4.40. The highest BCUT2D eigenvalue weighted by molar-refractivity contribution is 6.09. The van der Waals surface area contributed by atoms with E-state index in [2.05, 4.69) is 47.4 Å². The molecule has 1 aliphatic rings. The van der Waals surface area contributed by atoms with Gasteiger partial charge in [0.15, 0.2) is 0 Å². The minimum atomic E-state index is -0.307. The maximum absolute atomic E-state index is 13.2. The van der Waals surface area contributed by atoms with Crippen molar-refractivity contribution in [3.05, 3.63) is 70.0 Å². The van der Waals surface area contributed by atoms with Crippen LogP contribution in [0.2, 0.25) is 0 Å². The fourth-order valence-corrected chi connectivity index (χ4v) is 3.98. The summed E-state index contributed by atoms with van der Waals surface area (Å²) >= 11 is 0. The van der Waals surface area contributed by atoms with E-state index in [1.54, 1.807) is 35.3 Å². The molecule has 162 valence electrons. The van der Waals surface area contributed by atoms with Gasteiger partial charge in [0.25, 0.3) is 11.5 Å². The van der Waals surface area contributed by atoms with Crippen molar-refractivity contribution in [1.29, 1.82) is 0 Å². The van der Waals surface area contributed by atoms with Gasteiger partial charge >= 0.3 is 0 Å². The Morgan fingerprint density at radius 1 is 1.23 bits per heavy atom. The Labute approximate surface area is 181 Å². The summed E-state index contributed by atoms with van der Waals surface area (Å²) in [6, 6.07) is 7.42. The first-order valence-electron chi connectivity index (χ1n) is 10.7. The van der Waals surface area contributed by atoms with Crippen LogP contribution >= 0.6 is 0 Å². The van der Waals surface area contributed by atoms with Crippen molar-refractivity contribution in [2.45, 2.75) is 52.1 Å². The number of aromatic amines is 1. The minimum Gasteiger partial charge on any atom is -0.364 e. The van der Waals surface area contributed by atoms with Gasteiger partial charge < -0.3 is 20.2 Å². The number of hydrogen-bond acceptors (Lipinski definition) is 4. The Hall–Kier alpha value is -3.19. The fraction of sp³-hybridized carbons (Fsp3) is 0.375. The Morgan fingerprint density at radius 2 is 2.06 bits per heavy atom. The predicted octanol–water partition coefficient (Wildman–Crippen LogP) is 3.37. The number of carbonyl (C=O) groups excluding carboxylic acids is 1. The summed E-state index contributed by atoms with van der Waals surface area (Å²) in [6.45, 7) is 7.43. The smallest absolute Gasteiger partial charge is 0.274 e. The number of hydrogen-bond donors (Lipinski definition) is 3. The van der Waals surface area contributed by atoms with Crippen LogP contribution in [0, 0.1) is 0 Å². The molecule has 0 atom stereocenters. The van der Waals surface area contributed by atoms with Crippen molar-refractivity contribution in [2.75, 3.05) is 11.9 Å². The zero-order chi connectivity index (χ0) is 22.0. The summed E-state index contributed by atoms with van der Waals surface area (Å²) < 4.78 is 1.61. The molecule has 3 aromatic rings. The SMILES string of the molecule is CC(C)(C)NCCn1cccc(NC(=O)c2c[nH]c3c2-c2ncccc2CCC3)c1=O. The highest BCUT2D eigenvalue weighted by Crippen LogP contribution is 2.33. The largest absolute Gasteiger partial charge is 0.364 e. The predicted molar refractivity (Wildman–Crippen MR) is 122 cm³/mol. The van der Waals surface area contributed by atoms with Gasteiger partial charge in [-0.3, -0.25) is 14.6 Å². The molecule has 0 unspecified atom stereocenters. The lowest BCUT2D eigenvalue weighted by Gasteiger charge is -2.20. The van der Waals surface area contributed by atoms with Crippen molar-refractivity contribution in [1.82, 2.24) is 19.9 Å². The van der Waals surface area contributed by atoms with Crippen molar-refractivity contribution < 1.29 is 4.79 Å². The first kappa shape index (κ1) is 21.1. The fourth-order valence-electron chi connectivity index (χ4n) is 3.98. The van der Waals surface area contributed by atoms with Crippen molar-refractivity contribution in [3.63, 3.8) is 0 Å². The number of rotatable bonds is 5. The molecule has 1 amide bonds. The molecule has 0 bridgehead atoms. The standard InChI is InChI=1S/C24H29N5O2/c1-24(2,3)27-12-14-29-13-6-10-19(23(29)31)28-22(30)17-15-26-18-9-4-7-16-8-5-11-25-21(16)20(17)18/h5-6,8,10-11,13,15,26-27H,4,7,9,12,14H2,1-3H3,(H,28,30). The summed E-state index contributed by atoms with van der Waals surface area (Å²) in [5.74, 6) is -0.307. The van der Waals surface area contributed by atoms with Gasteiger partial charge in [-0.05, 0) is 63.8 Å². The zero-order valence-corrected chi connectivity index (χ0v) is 18.3. The lowest BCUT2D eigenvalue weighted by molar-refractivity contribution is 0.102. The molecule has 0 radical (unpaired) electrons. The molecule has 7 nitrogen and oxygen atoms in total. The van der Waals surface area contributed by atoms with Gasteiger partial charge in [-0.1, -0.05) is 6.07 Å². The van der Waals surface area contributed by atoms with Crippen LogP contribution in [0.5, 0.6) is 0 Å². The lowest BCUT2D eigenvalue weighted by Crippen LogP contribution is -2.39. The normalized spacial score (nSPS) is 13.3. The molecule has 0 aliphatic heterocycles. The average molecular weight is 420 g/mol. The molecule has 3 N–H and O–H groups in total. The summed E-state index contributed by atoms with van der Waals surface area (Å²) in [5, 5.41) is 6.19. The second kappa shape index (κ2) is 8.51. The van der Waals surface area contributed by atoms with Crippen LogP contribution in [0.4, 0.5) is 5.69 Å². The quantitative estimate of drug-likeness (QED) is 0.591. The number of nitrogens with one attached hydrogen (secondary N) is 3. The number of fused-ring (bicyclic) bond motifs is 3. The molecule has 7 heteroatoms. The molecular formula is C24H29N5O2. The van der Waals surface area contributed by atoms with Crippen LogP contribution in [-0.4, -0.2) is 32.5 Å². The van der Waals surface area contributed by atoms with E-state index >= 15 is 0 Å². The topological polar surface area (TPSA) is 91.8 Å². The zero-order valence-electron chi connectivity index (χ0n) is 18.3. The van der Waals surface area contributed by atoms with E-state index in [0.29, 0.717) is 18.7 Å². The summed E-state index contributed by atoms with van der Waals surface area (Å²) in [7, 11) is 0. The average Bonchev–Trinajstić information content (AvgIpc) is 3.05. The second-order valence-electron chi connectivity index (χ2n) is 8.97.